The molecular weight excluding hydrogens is 503 g/mol. The summed E-state index contributed by atoms with van der Waals surface area (Å²) in [6.45, 7) is 13.4. The number of anilines is 1. The maximum atomic E-state index is 13.8. The van der Waals surface area contributed by atoms with E-state index in [0.29, 0.717) is 31.0 Å². The SMILES string of the molecule is CCN1CCN(C(=O)c2cc3cc(NC(=O)c4cccc(F)c4)ccc3n2Cc2ccc(C(C)(C)C)cc2)CC1. The number of hydrogen-bond acceptors (Lipinski definition) is 3. The fourth-order valence-corrected chi connectivity index (χ4v) is 5.25. The summed E-state index contributed by atoms with van der Waals surface area (Å²) in [5.41, 5.74) is 4.82. The molecular formula is C33H37FN4O2. The predicted molar refractivity (Wildman–Crippen MR) is 159 cm³/mol. The Morgan fingerprint density at radius 3 is 2.27 bits per heavy atom. The molecule has 0 atom stereocenters. The van der Waals surface area contributed by atoms with E-state index >= 15 is 0 Å². The van der Waals surface area contributed by atoms with Crippen molar-refractivity contribution in [3.05, 3.63) is 101 Å². The smallest absolute Gasteiger partial charge is 0.270 e. The third-order valence-corrected chi connectivity index (χ3v) is 7.73. The van der Waals surface area contributed by atoms with Gasteiger partial charge in [0.1, 0.15) is 11.5 Å². The minimum Gasteiger partial charge on any atom is -0.335 e. The number of fused-ring (bicyclic) bond motifs is 1. The lowest BCUT2D eigenvalue weighted by Crippen LogP contribution is -2.48. The Balaban J connectivity index is 1.48. The van der Waals surface area contributed by atoms with Crippen molar-refractivity contribution in [3.63, 3.8) is 0 Å². The number of carbonyl (C=O) groups is 2. The van der Waals surface area contributed by atoms with E-state index in [4.69, 9.17) is 0 Å². The van der Waals surface area contributed by atoms with Gasteiger partial charge in [0.25, 0.3) is 11.8 Å². The number of hydrogen-bond donors (Lipinski definition) is 1. The molecule has 0 bridgehead atoms. The van der Waals surface area contributed by atoms with E-state index in [2.05, 4.69) is 66.7 Å². The van der Waals surface area contributed by atoms with Gasteiger partial charge in [-0.3, -0.25) is 9.59 Å². The minimum atomic E-state index is -0.460. The molecule has 1 saturated heterocycles. The van der Waals surface area contributed by atoms with E-state index < -0.39 is 5.82 Å². The molecule has 0 radical (unpaired) electrons. The number of likely N-dealkylation sites (N-methyl/N-ethyl adjacent to an activating group) is 1. The van der Waals surface area contributed by atoms with Crippen molar-refractivity contribution in [1.82, 2.24) is 14.4 Å². The molecule has 1 fully saturated rings. The molecule has 1 N–H and O–H groups in total. The van der Waals surface area contributed by atoms with Crippen LogP contribution in [0.1, 0.15) is 59.7 Å². The van der Waals surface area contributed by atoms with Crippen molar-refractivity contribution in [2.45, 2.75) is 39.7 Å². The molecule has 2 amide bonds. The van der Waals surface area contributed by atoms with Gasteiger partial charge in [-0.1, -0.05) is 58.0 Å². The highest BCUT2D eigenvalue weighted by Gasteiger charge is 2.25. The summed E-state index contributed by atoms with van der Waals surface area (Å²) in [5.74, 6) is -0.829. The average Bonchev–Trinajstić information content (AvgIpc) is 3.29. The predicted octanol–water partition coefficient (Wildman–Crippen LogP) is 6.16. The van der Waals surface area contributed by atoms with Crippen LogP contribution in [0.25, 0.3) is 10.9 Å². The lowest BCUT2D eigenvalue weighted by Gasteiger charge is -2.34. The van der Waals surface area contributed by atoms with Crippen molar-refractivity contribution in [2.75, 3.05) is 38.0 Å². The second-order valence-electron chi connectivity index (χ2n) is 11.5. The van der Waals surface area contributed by atoms with Gasteiger partial charge >= 0.3 is 0 Å². The minimum absolute atomic E-state index is 0.0172. The monoisotopic (exact) mass is 540 g/mol. The van der Waals surface area contributed by atoms with Gasteiger partial charge in [-0.25, -0.2) is 4.39 Å². The highest BCUT2D eigenvalue weighted by Crippen LogP contribution is 2.28. The van der Waals surface area contributed by atoms with E-state index in [1.165, 1.54) is 23.8 Å². The fourth-order valence-electron chi connectivity index (χ4n) is 5.25. The number of carbonyl (C=O) groups excluding carboxylic acids is 2. The van der Waals surface area contributed by atoms with Gasteiger partial charge in [0.2, 0.25) is 0 Å². The Kier molecular flexibility index (Phi) is 7.76. The summed E-state index contributed by atoms with van der Waals surface area (Å²) in [6.07, 6.45) is 0. The summed E-state index contributed by atoms with van der Waals surface area (Å²) in [4.78, 5) is 30.8. The second kappa shape index (κ2) is 11.3. The van der Waals surface area contributed by atoms with Crippen LogP contribution < -0.4 is 5.32 Å². The van der Waals surface area contributed by atoms with Crippen LogP contribution in [0.3, 0.4) is 0 Å². The Hall–Kier alpha value is -3.97. The first-order valence-corrected chi connectivity index (χ1v) is 13.9. The molecule has 0 unspecified atom stereocenters. The van der Waals surface area contributed by atoms with Gasteiger partial charge in [-0.2, -0.15) is 0 Å². The van der Waals surface area contributed by atoms with Gasteiger partial charge in [-0.15, -0.1) is 0 Å². The maximum Gasteiger partial charge on any atom is 0.270 e. The zero-order chi connectivity index (χ0) is 28.4. The topological polar surface area (TPSA) is 57.6 Å². The maximum absolute atomic E-state index is 13.8. The number of nitrogens with zero attached hydrogens (tertiary/aromatic N) is 3. The first-order chi connectivity index (χ1) is 19.1. The zero-order valence-electron chi connectivity index (χ0n) is 23.7. The number of rotatable bonds is 6. The third-order valence-electron chi connectivity index (χ3n) is 7.73. The lowest BCUT2D eigenvalue weighted by molar-refractivity contribution is 0.0633. The van der Waals surface area contributed by atoms with Crippen molar-refractivity contribution in [1.29, 1.82) is 0 Å². The van der Waals surface area contributed by atoms with Crippen molar-refractivity contribution < 1.29 is 14.0 Å². The van der Waals surface area contributed by atoms with Gasteiger partial charge < -0.3 is 19.7 Å². The first-order valence-electron chi connectivity index (χ1n) is 13.9. The summed E-state index contributed by atoms with van der Waals surface area (Å²) in [7, 11) is 0. The van der Waals surface area contributed by atoms with Crippen molar-refractivity contribution >= 4 is 28.4 Å². The molecule has 1 aromatic heterocycles. The average molecular weight is 541 g/mol. The van der Waals surface area contributed by atoms with Crippen molar-refractivity contribution in [3.8, 4) is 0 Å². The summed E-state index contributed by atoms with van der Waals surface area (Å²) in [6, 6.07) is 21.8. The summed E-state index contributed by atoms with van der Waals surface area (Å²) < 4.78 is 15.7. The number of halogens is 1. The van der Waals surface area contributed by atoms with E-state index in [-0.39, 0.29) is 22.8 Å². The van der Waals surface area contributed by atoms with Crippen LogP contribution in [-0.2, 0) is 12.0 Å². The molecule has 7 heteroatoms. The van der Waals surface area contributed by atoms with Crippen LogP contribution in [0.2, 0.25) is 0 Å². The van der Waals surface area contributed by atoms with E-state index in [1.54, 1.807) is 6.07 Å². The van der Waals surface area contributed by atoms with Crippen LogP contribution in [-0.4, -0.2) is 58.9 Å². The highest BCUT2D eigenvalue weighted by molar-refractivity contribution is 6.06. The molecule has 2 heterocycles. The molecule has 0 saturated carbocycles. The molecule has 208 valence electrons. The van der Waals surface area contributed by atoms with Crippen LogP contribution >= 0.6 is 0 Å². The second-order valence-corrected chi connectivity index (χ2v) is 11.5. The Morgan fingerprint density at radius 1 is 0.900 bits per heavy atom. The van der Waals surface area contributed by atoms with Crippen molar-refractivity contribution in [2.24, 2.45) is 0 Å². The van der Waals surface area contributed by atoms with Gasteiger partial charge in [0.05, 0.1) is 0 Å². The number of piperazine rings is 1. The number of aromatic nitrogens is 1. The lowest BCUT2D eigenvalue weighted by atomic mass is 9.87. The third kappa shape index (κ3) is 5.94. The highest BCUT2D eigenvalue weighted by atomic mass is 19.1. The quantitative estimate of drug-likeness (QED) is 0.319. The molecule has 1 aliphatic heterocycles. The largest absolute Gasteiger partial charge is 0.335 e. The van der Waals surface area contributed by atoms with Crippen LogP contribution in [0.4, 0.5) is 10.1 Å². The van der Waals surface area contributed by atoms with Gasteiger partial charge in [0, 0.05) is 54.9 Å². The zero-order valence-corrected chi connectivity index (χ0v) is 23.7. The standard InChI is InChI=1S/C33H37FN4O2/c1-5-36-15-17-37(18-16-36)32(40)30-21-25-20-28(35-31(39)24-7-6-8-27(34)19-24)13-14-29(25)38(30)22-23-9-11-26(12-10-23)33(2,3)4/h6-14,19-21H,5,15-18,22H2,1-4H3,(H,35,39). The Labute approximate surface area is 235 Å². The van der Waals surface area contributed by atoms with E-state index in [9.17, 15) is 14.0 Å². The summed E-state index contributed by atoms with van der Waals surface area (Å²) in [5, 5.41) is 3.72. The van der Waals surface area contributed by atoms with Crippen LogP contribution in [0.5, 0.6) is 0 Å². The summed E-state index contributed by atoms with van der Waals surface area (Å²) >= 11 is 0. The first kappa shape index (κ1) is 27.6. The van der Waals surface area contributed by atoms with Crippen LogP contribution in [0, 0.1) is 5.82 Å². The number of amides is 2. The normalized spacial score (nSPS) is 14.5. The molecule has 3 aromatic carbocycles. The van der Waals surface area contributed by atoms with E-state index in [0.717, 1.165) is 36.1 Å². The molecule has 40 heavy (non-hydrogen) atoms. The van der Waals surface area contributed by atoms with E-state index in [1.807, 2.05) is 29.2 Å². The molecule has 6 nitrogen and oxygen atoms in total. The number of nitrogens with one attached hydrogen (secondary N) is 1. The van der Waals surface area contributed by atoms with Gasteiger partial charge in [-0.05, 0) is 65.6 Å². The molecule has 1 aliphatic rings. The number of benzene rings is 3. The Morgan fingerprint density at radius 2 is 1.62 bits per heavy atom. The van der Waals surface area contributed by atoms with Crippen LogP contribution in [0.15, 0.2) is 72.8 Å². The van der Waals surface area contributed by atoms with Gasteiger partial charge in [0.15, 0.2) is 0 Å². The molecule has 0 aliphatic carbocycles. The molecule has 4 aromatic rings. The fraction of sp³-hybridized carbons (Fsp3) is 0.333. The molecule has 0 spiro atoms. The Bertz CT molecular complexity index is 1530. The molecule has 5 rings (SSSR count).